The van der Waals surface area contributed by atoms with Gasteiger partial charge < -0.3 is 5.32 Å². The standard InChI is InChI=1S/C20H30FN3O3S/c1-23(2)28(26,27)24-13-7-8-16(14-24)19(25)22-15-20(11-5-6-12-20)17-9-3-4-10-18(17)21/h3-4,9-10,16H,5-8,11-15H2,1-2H3,(H,22,25)/t16-/m0/s1. The van der Waals surface area contributed by atoms with Crippen molar-refractivity contribution >= 4 is 16.1 Å². The summed E-state index contributed by atoms with van der Waals surface area (Å²) < 4.78 is 41.7. The van der Waals surface area contributed by atoms with Gasteiger partial charge in [-0.15, -0.1) is 0 Å². The zero-order valence-electron chi connectivity index (χ0n) is 16.7. The SMILES string of the molecule is CN(C)S(=O)(=O)N1CCC[C@H](C(=O)NCC2(c3ccccc3F)CCCC2)C1. The molecular formula is C20H30FN3O3S. The van der Waals surface area contributed by atoms with Gasteiger partial charge in [-0.3, -0.25) is 4.79 Å². The van der Waals surface area contributed by atoms with E-state index in [0.29, 0.717) is 31.5 Å². The van der Waals surface area contributed by atoms with E-state index in [1.54, 1.807) is 6.07 Å². The molecule has 28 heavy (non-hydrogen) atoms. The number of carbonyl (C=O) groups excluding carboxylic acids is 1. The first kappa shape index (κ1) is 21.2. The highest BCUT2D eigenvalue weighted by Gasteiger charge is 2.39. The van der Waals surface area contributed by atoms with Crippen LogP contribution in [0.15, 0.2) is 24.3 Å². The molecule has 1 atom stereocenters. The van der Waals surface area contributed by atoms with Gasteiger partial charge in [-0.05, 0) is 37.3 Å². The number of carbonyl (C=O) groups is 1. The minimum absolute atomic E-state index is 0.138. The van der Waals surface area contributed by atoms with E-state index < -0.39 is 10.2 Å². The average Bonchev–Trinajstić information content (AvgIpc) is 3.16. The van der Waals surface area contributed by atoms with E-state index in [2.05, 4.69) is 5.32 Å². The van der Waals surface area contributed by atoms with Gasteiger partial charge in [0.05, 0.1) is 5.92 Å². The smallest absolute Gasteiger partial charge is 0.281 e. The number of nitrogens with one attached hydrogen (secondary N) is 1. The summed E-state index contributed by atoms with van der Waals surface area (Å²) in [5.74, 6) is -0.733. The van der Waals surface area contributed by atoms with Crippen molar-refractivity contribution in [3.63, 3.8) is 0 Å². The number of halogens is 1. The lowest BCUT2D eigenvalue weighted by Crippen LogP contribution is -2.50. The molecule has 1 aliphatic carbocycles. The van der Waals surface area contributed by atoms with Crippen molar-refractivity contribution in [2.24, 2.45) is 5.92 Å². The van der Waals surface area contributed by atoms with Gasteiger partial charge in [-0.25, -0.2) is 4.39 Å². The number of amides is 1. The molecule has 0 bridgehead atoms. The Morgan fingerprint density at radius 2 is 1.93 bits per heavy atom. The lowest BCUT2D eigenvalue weighted by molar-refractivity contribution is -0.126. The van der Waals surface area contributed by atoms with Gasteiger partial charge in [0.2, 0.25) is 5.91 Å². The molecule has 1 aromatic carbocycles. The molecule has 0 unspecified atom stereocenters. The molecule has 3 rings (SSSR count). The van der Waals surface area contributed by atoms with Crippen LogP contribution in [0.5, 0.6) is 0 Å². The van der Waals surface area contributed by atoms with Crippen molar-refractivity contribution < 1.29 is 17.6 Å². The van der Waals surface area contributed by atoms with Gasteiger partial charge in [0.25, 0.3) is 10.2 Å². The minimum atomic E-state index is -3.52. The van der Waals surface area contributed by atoms with Crippen LogP contribution < -0.4 is 5.32 Å². The number of rotatable bonds is 6. The topological polar surface area (TPSA) is 69.7 Å². The van der Waals surface area contributed by atoms with Crippen molar-refractivity contribution in [3.05, 3.63) is 35.6 Å². The average molecular weight is 412 g/mol. The Labute approximate surface area is 167 Å². The number of benzene rings is 1. The second kappa shape index (κ2) is 8.47. The second-order valence-corrected chi connectivity index (χ2v) is 10.3. The predicted octanol–water partition coefficient (Wildman–Crippen LogP) is 2.27. The largest absolute Gasteiger partial charge is 0.355 e. The molecular weight excluding hydrogens is 381 g/mol. The molecule has 0 aromatic heterocycles. The summed E-state index contributed by atoms with van der Waals surface area (Å²) >= 11 is 0. The monoisotopic (exact) mass is 411 g/mol. The molecule has 1 heterocycles. The second-order valence-electron chi connectivity index (χ2n) is 8.17. The van der Waals surface area contributed by atoms with Crippen molar-refractivity contribution in [2.75, 3.05) is 33.7 Å². The van der Waals surface area contributed by atoms with Gasteiger partial charge in [0.15, 0.2) is 0 Å². The molecule has 1 saturated carbocycles. The van der Waals surface area contributed by atoms with Crippen molar-refractivity contribution in [3.8, 4) is 0 Å². The lowest BCUT2D eigenvalue weighted by Gasteiger charge is -2.34. The summed E-state index contributed by atoms with van der Waals surface area (Å²) in [6, 6.07) is 6.81. The molecule has 1 aliphatic heterocycles. The van der Waals surface area contributed by atoms with Crippen LogP contribution in [-0.4, -0.2) is 56.7 Å². The normalized spacial score (nSPS) is 23.1. The molecule has 6 nitrogen and oxygen atoms in total. The zero-order valence-corrected chi connectivity index (χ0v) is 17.5. The Balaban J connectivity index is 1.68. The summed E-state index contributed by atoms with van der Waals surface area (Å²) in [6.07, 6.45) is 5.05. The Morgan fingerprint density at radius 1 is 1.25 bits per heavy atom. The molecule has 0 radical (unpaired) electrons. The Kier molecular flexibility index (Phi) is 6.41. The molecule has 2 fully saturated rings. The molecule has 1 amide bonds. The summed E-state index contributed by atoms with van der Waals surface area (Å²) in [7, 11) is -0.526. The van der Waals surface area contributed by atoms with E-state index in [-0.39, 0.29) is 29.6 Å². The number of hydrogen-bond donors (Lipinski definition) is 1. The fourth-order valence-corrected chi connectivity index (χ4v) is 5.67. The van der Waals surface area contributed by atoms with Gasteiger partial charge >= 0.3 is 0 Å². The van der Waals surface area contributed by atoms with E-state index in [1.165, 1.54) is 28.8 Å². The fourth-order valence-electron chi connectivity index (χ4n) is 4.48. The third-order valence-corrected chi connectivity index (χ3v) is 8.06. The molecule has 1 aromatic rings. The van der Waals surface area contributed by atoms with Gasteiger partial charge in [0.1, 0.15) is 5.82 Å². The van der Waals surface area contributed by atoms with E-state index in [9.17, 15) is 17.6 Å². The van der Waals surface area contributed by atoms with Crippen LogP contribution in [0, 0.1) is 11.7 Å². The highest BCUT2D eigenvalue weighted by molar-refractivity contribution is 7.86. The summed E-state index contributed by atoms with van der Waals surface area (Å²) in [5, 5.41) is 3.02. The van der Waals surface area contributed by atoms with Gasteiger partial charge in [-0.2, -0.15) is 17.0 Å². The molecule has 2 aliphatic rings. The molecule has 1 N–H and O–H groups in total. The maximum atomic E-state index is 14.4. The van der Waals surface area contributed by atoms with Crippen LogP contribution in [0.2, 0.25) is 0 Å². The predicted molar refractivity (Wildman–Crippen MR) is 106 cm³/mol. The molecule has 0 spiro atoms. The highest BCUT2D eigenvalue weighted by atomic mass is 32.2. The quantitative estimate of drug-likeness (QED) is 0.781. The third-order valence-electron chi connectivity index (χ3n) is 6.15. The fraction of sp³-hybridized carbons (Fsp3) is 0.650. The van der Waals surface area contributed by atoms with Crippen molar-refractivity contribution in [1.29, 1.82) is 0 Å². The summed E-state index contributed by atoms with van der Waals surface area (Å²) in [5.41, 5.74) is 0.304. The number of hydrogen-bond acceptors (Lipinski definition) is 3. The summed E-state index contributed by atoms with van der Waals surface area (Å²) in [6.45, 7) is 1.02. The van der Waals surface area contributed by atoms with Crippen LogP contribution in [-0.2, 0) is 20.4 Å². The minimum Gasteiger partial charge on any atom is -0.355 e. The number of piperidine rings is 1. The van der Waals surface area contributed by atoms with Crippen LogP contribution in [0.3, 0.4) is 0 Å². The van der Waals surface area contributed by atoms with Gasteiger partial charge in [0, 0.05) is 39.1 Å². The van der Waals surface area contributed by atoms with E-state index in [4.69, 9.17) is 0 Å². The maximum absolute atomic E-state index is 14.4. The zero-order chi connectivity index (χ0) is 20.4. The first-order valence-corrected chi connectivity index (χ1v) is 11.4. The van der Waals surface area contributed by atoms with Gasteiger partial charge in [-0.1, -0.05) is 31.0 Å². The lowest BCUT2D eigenvalue weighted by atomic mass is 9.78. The van der Waals surface area contributed by atoms with Crippen LogP contribution in [0.25, 0.3) is 0 Å². The Hall–Kier alpha value is -1.51. The maximum Gasteiger partial charge on any atom is 0.281 e. The van der Waals surface area contributed by atoms with E-state index in [0.717, 1.165) is 25.7 Å². The Bertz CT molecular complexity index is 807. The first-order chi connectivity index (χ1) is 13.3. The molecule has 1 saturated heterocycles. The van der Waals surface area contributed by atoms with E-state index >= 15 is 0 Å². The van der Waals surface area contributed by atoms with Crippen LogP contribution in [0.1, 0.15) is 44.1 Å². The molecule has 156 valence electrons. The van der Waals surface area contributed by atoms with Crippen LogP contribution in [0.4, 0.5) is 4.39 Å². The van der Waals surface area contributed by atoms with E-state index in [1.807, 2.05) is 12.1 Å². The third kappa shape index (κ3) is 4.23. The highest BCUT2D eigenvalue weighted by Crippen LogP contribution is 2.41. The number of nitrogens with zero attached hydrogens (tertiary/aromatic N) is 2. The molecule has 8 heteroatoms. The first-order valence-electron chi connectivity index (χ1n) is 9.97. The van der Waals surface area contributed by atoms with Crippen LogP contribution >= 0.6 is 0 Å². The Morgan fingerprint density at radius 3 is 2.57 bits per heavy atom. The summed E-state index contributed by atoms with van der Waals surface area (Å²) in [4.78, 5) is 12.8. The van der Waals surface area contributed by atoms with Crippen molar-refractivity contribution in [2.45, 2.75) is 43.9 Å². The van der Waals surface area contributed by atoms with Crippen molar-refractivity contribution in [1.82, 2.24) is 13.9 Å².